The predicted octanol–water partition coefficient (Wildman–Crippen LogP) is 3.34. The predicted molar refractivity (Wildman–Crippen MR) is 121 cm³/mol. The molecule has 8 nitrogen and oxygen atoms in total. The Morgan fingerprint density at radius 2 is 2.00 bits per heavy atom. The second-order valence-corrected chi connectivity index (χ2v) is 8.20. The number of aromatic hydroxyl groups is 1. The van der Waals surface area contributed by atoms with Gasteiger partial charge >= 0.3 is 0 Å². The van der Waals surface area contributed by atoms with Gasteiger partial charge in [0, 0.05) is 16.8 Å². The molecule has 0 aliphatic carbocycles. The Bertz CT molecular complexity index is 1250. The minimum atomic E-state index is -0.633. The van der Waals surface area contributed by atoms with Crippen molar-refractivity contribution in [1.82, 2.24) is 30.8 Å². The van der Waals surface area contributed by atoms with E-state index < -0.39 is 6.04 Å². The van der Waals surface area contributed by atoms with E-state index in [0.29, 0.717) is 21.7 Å². The average molecular weight is 449 g/mol. The van der Waals surface area contributed by atoms with Gasteiger partial charge in [-0.05, 0) is 54.8 Å². The number of benzene rings is 2. The monoisotopic (exact) mass is 448 g/mol. The van der Waals surface area contributed by atoms with Crippen LogP contribution in [0, 0.1) is 0 Å². The molecule has 1 saturated heterocycles. The van der Waals surface area contributed by atoms with E-state index >= 15 is 0 Å². The van der Waals surface area contributed by atoms with Crippen LogP contribution in [-0.2, 0) is 4.79 Å². The van der Waals surface area contributed by atoms with E-state index in [4.69, 9.17) is 11.6 Å². The number of carbonyl (C=O) groups is 1. The summed E-state index contributed by atoms with van der Waals surface area (Å²) in [6.07, 6.45) is 5.21. The fraction of sp³-hybridized carbons (Fsp3) is 0.217. The van der Waals surface area contributed by atoms with Gasteiger partial charge in [-0.2, -0.15) is 10.1 Å². The third-order valence-corrected chi connectivity index (χ3v) is 5.90. The molecular formula is C23H21ClN6O2. The molecule has 9 heteroatoms. The number of rotatable bonds is 5. The standard InChI is InChI=1S/C23H21ClN6O2/c24-16-6-3-13(4-7-16)20(29-23(32)19-2-1-9-25-19)21-28-18-8-5-14(15-11-26-27-12-15)10-17(18)22(31)30-21/h3-8,10-12,19-20,25H,1-2,9H2,(H,26,27)(H,29,32)(H,28,30,31). The summed E-state index contributed by atoms with van der Waals surface area (Å²) in [6.45, 7) is 0.815. The summed E-state index contributed by atoms with van der Waals surface area (Å²) in [7, 11) is 0. The van der Waals surface area contributed by atoms with Gasteiger partial charge in [0.2, 0.25) is 11.8 Å². The number of hydrogen-bond acceptors (Lipinski definition) is 6. The van der Waals surface area contributed by atoms with E-state index in [-0.39, 0.29) is 17.8 Å². The third kappa shape index (κ3) is 4.02. The number of H-pyrrole nitrogens is 1. The Kier molecular flexibility index (Phi) is 5.46. The van der Waals surface area contributed by atoms with E-state index in [1.165, 1.54) is 0 Å². The Labute approximate surface area is 189 Å². The molecule has 0 spiro atoms. The SMILES string of the molecule is O=C(NC(c1ccc(Cl)cc1)c1nc(O)c2cc(-c3cn[nH]c3)ccc2n1)C1CCCN1. The van der Waals surface area contributed by atoms with Gasteiger partial charge in [0.05, 0.1) is 23.1 Å². The Hall–Kier alpha value is -3.49. The summed E-state index contributed by atoms with van der Waals surface area (Å²) in [4.78, 5) is 21.9. The summed E-state index contributed by atoms with van der Waals surface area (Å²) in [5.41, 5.74) is 3.12. The number of hydrogen-bond donors (Lipinski definition) is 4. The first-order chi connectivity index (χ1) is 15.6. The average Bonchev–Trinajstić information content (AvgIpc) is 3.52. The van der Waals surface area contributed by atoms with Crippen LogP contribution in [0.3, 0.4) is 0 Å². The van der Waals surface area contributed by atoms with Gasteiger partial charge < -0.3 is 15.7 Å². The van der Waals surface area contributed by atoms with Gasteiger partial charge in [0.15, 0.2) is 5.82 Å². The Morgan fingerprint density at radius 3 is 2.72 bits per heavy atom. The zero-order valence-corrected chi connectivity index (χ0v) is 17.8. The summed E-state index contributed by atoms with van der Waals surface area (Å²) >= 11 is 6.06. The van der Waals surface area contributed by atoms with Crippen LogP contribution in [0.25, 0.3) is 22.0 Å². The van der Waals surface area contributed by atoms with E-state index in [0.717, 1.165) is 36.1 Å². The molecule has 2 atom stereocenters. The first-order valence-corrected chi connectivity index (χ1v) is 10.8. The second-order valence-electron chi connectivity index (χ2n) is 7.77. The number of nitrogens with one attached hydrogen (secondary N) is 3. The summed E-state index contributed by atoms with van der Waals surface area (Å²) in [6, 6.07) is 11.8. The summed E-state index contributed by atoms with van der Waals surface area (Å²) < 4.78 is 0. The molecule has 4 aromatic rings. The lowest BCUT2D eigenvalue weighted by molar-refractivity contribution is -0.123. The molecular weight excluding hydrogens is 428 g/mol. The van der Waals surface area contributed by atoms with Gasteiger partial charge in [-0.25, -0.2) is 4.98 Å². The molecule has 1 aliphatic rings. The first-order valence-electron chi connectivity index (χ1n) is 10.4. The molecule has 1 amide bonds. The van der Waals surface area contributed by atoms with Crippen molar-refractivity contribution in [2.45, 2.75) is 24.9 Å². The number of halogens is 1. The van der Waals surface area contributed by atoms with E-state index in [9.17, 15) is 9.90 Å². The molecule has 2 aromatic carbocycles. The van der Waals surface area contributed by atoms with Crippen molar-refractivity contribution < 1.29 is 9.90 Å². The topological polar surface area (TPSA) is 116 Å². The number of carbonyl (C=O) groups excluding carboxylic acids is 1. The number of nitrogens with zero attached hydrogens (tertiary/aromatic N) is 3. The molecule has 4 N–H and O–H groups in total. The molecule has 0 bridgehead atoms. The van der Waals surface area contributed by atoms with Crippen molar-refractivity contribution in [3.63, 3.8) is 0 Å². The molecule has 1 fully saturated rings. The van der Waals surface area contributed by atoms with E-state index in [2.05, 4.69) is 30.8 Å². The number of fused-ring (bicyclic) bond motifs is 1. The number of aromatic nitrogens is 4. The lowest BCUT2D eigenvalue weighted by Crippen LogP contribution is -2.42. The molecule has 0 saturated carbocycles. The highest BCUT2D eigenvalue weighted by atomic mass is 35.5. The molecule has 5 rings (SSSR count). The largest absolute Gasteiger partial charge is 0.493 e. The Morgan fingerprint density at radius 1 is 1.16 bits per heavy atom. The van der Waals surface area contributed by atoms with Crippen LogP contribution in [0.5, 0.6) is 5.88 Å². The van der Waals surface area contributed by atoms with Crippen LogP contribution in [0.2, 0.25) is 5.02 Å². The smallest absolute Gasteiger partial charge is 0.237 e. The fourth-order valence-electron chi connectivity index (χ4n) is 3.95. The van der Waals surface area contributed by atoms with Crippen molar-refractivity contribution in [3.8, 4) is 17.0 Å². The van der Waals surface area contributed by atoms with Crippen molar-refractivity contribution >= 4 is 28.4 Å². The highest BCUT2D eigenvalue weighted by Crippen LogP contribution is 2.30. The first kappa shape index (κ1) is 20.4. The minimum Gasteiger partial charge on any atom is -0.493 e. The quantitative estimate of drug-likeness (QED) is 0.372. The van der Waals surface area contributed by atoms with E-state index in [1.807, 2.05) is 30.3 Å². The van der Waals surface area contributed by atoms with Crippen molar-refractivity contribution in [3.05, 3.63) is 71.3 Å². The molecule has 0 radical (unpaired) electrons. The maximum atomic E-state index is 12.9. The summed E-state index contributed by atoms with van der Waals surface area (Å²) in [5.74, 6) is 0.0308. The van der Waals surface area contributed by atoms with Gasteiger partial charge in [0.25, 0.3) is 0 Å². The van der Waals surface area contributed by atoms with Crippen LogP contribution < -0.4 is 10.6 Å². The molecule has 2 unspecified atom stereocenters. The van der Waals surface area contributed by atoms with Gasteiger partial charge in [-0.15, -0.1) is 0 Å². The molecule has 162 valence electrons. The minimum absolute atomic E-state index is 0.124. The molecule has 32 heavy (non-hydrogen) atoms. The summed E-state index contributed by atoms with van der Waals surface area (Å²) in [5, 5.41) is 24.8. The fourth-order valence-corrected chi connectivity index (χ4v) is 4.08. The highest BCUT2D eigenvalue weighted by Gasteiger charge is 2.27. The van der Waals surface area contributed by atoms with Crippen LogP contribution >= 0.6 is 11.6 Å². The molecule has 2 aromatic heterocycles. The maximum Gasteiger partial charge on any atom is 0.237 e. The van der Waals surface area contributed by atoms with E-state index in [1.54, 1.807) is 24.5 Å². The zero-order valence-electron chi connectivity index (χ0n) is 17.0. The lowest BCUT2D eigenvalue weighted by atomic mass is 10.0. The number of amides is 1. The van der Waals surface area contributed by atoms with Gasteiger partial charge in [0.1, 0.15) is 6.04 Å². The second kappa shape index (κ2) is 8.57. The number of aromatic amines is 1. The molecule has 1 aliphatic heterocycles. The van der Waals surface area contributed by atoms with Crippen LogP contribution in [0.15, 0.2) is 54.9 Å². The zero-order chi connectivity index (χ0) is 22.1. The maximum absolute atomic E-state index is 12.9. The third-order valence-electron chi connectivity index (χ3n) is 5.65. The molecule has 3 heterocycles. The van der Waals surface area contributed by atoms with Gasteiger partial charge in [-0.1, -0.05) is 29.8 Å². The van der Waals surface area contributed by atoms with Crippen molar-refractivity contribution in [1.29, 1.82) is 0 Å². The Balaban J connectivity index is 1.54. The van der Waals surface area contributed by atoms with Crippen LogP contribution in [-0.4, -0.2) is 43.8 Å². The van der Waals surface area contributed by atoms with Crippen LogP contribution in [0.1, 0.15) is 30.3 Å². The highest BCUT2D eigenvalue weighted by molar-refractivity contribution is 6.30. The van der Waals surface area contributed by atoms with Crippen molar-refractivity contribution in [2.24, 2.45) is 0 Å². The van der Waals surface area contributed by atoms with Crippen molar-refractivity contribution in [2.75, 3.05) is 6.54 Å². The lowest BCUT2D eigenvalue weighted by Gasteiger charge is -2.21. The van der Waals surface area contributed by atoms with Crippen LogP contribution in [0.4, 0.5) is 0 Å². The van der Waals surface area contributed by atoms with Gasteiger partial charge in [-0.3, -0.25) is 9.89 Å². The normalized spacial score (nSPS) is 16.8.